The van der Waals surface area contributed by atoms with Crippen molar-refractivity contribution in [3.05, 3.63) is 78.4 Å². The standard InChI is InChI=1S/C19H21NO/c1-5-9-10-13-17-16(8-4)12-11-14-18(17)20-19(21)15(6-2)7-3/h5-14H,2,4H2,1,3H3,(H,20,21)/b9-5-,13-10-,15-7+. The molecule has 0 heterocycles. The van der Waals surface area contributed by atoms with Gasteiger partial charge in [0, 0.05) is 16.8 Å². The van der Waals surface area contributed by atoms with Gasteiger partial charge in [0.15, 0.2) is 0 Å². The Balaban J connectivity index is 3.20. The largest absolute Gasteiger partial charge is 0.321 e. The number of nitrogens with one attached hydrogen (secondary N) is 1. The van der Waals surface area contributed by atoms with E-state index in [4.69, 9.17) is 0 Å². The normalized spacial score (nSPS) is 11.8. The Labute approximate surface area is 126 Å². The molecule has 0 aliphatic heterocycles. The van der Waals surface area contributed by atoms with Gasteiger partial charge in [-0.1, -0.05) is 67.8 Å². The Morgan fingerprint density at radius 2 is 1.95 bits per heavy atom. The van der Waals surface area contributed by atoms with Crippen LogP contribution >= 0.6 is 0 Å². The summed E-state index contributed by atoms with van der Waals surface area (Å²) in [5.41, 5.74) is 3.19. The number of carbonyl (C=O) groups is 1. The molecule has 0 fully saturated rings. The number of hydrogen-bond donors (Lipinski definition) is 1. The highest BCUT2D eigenvalue weighted by atomic mass is 16.1. The third-order valence-corrected chi connectivity index (χ3v) is 2.97. The van der Waals surface area contributed by atoms with E-state index in [2.05, 4.69) is 18.5 Å². The summed E-state index contributed by atoms with van der Waals surface area (Å²) in [6, 6.07) is 5.72. The number of benzene rings is 1. The molecule has 0 aliphatic rings. The molecule has 0 spiro atoms. The Bertz CT molecular complexity index is 618. The van der Waals surface area contributed by atoms with Gasteiger partial charge in [-0.3, -0.25) is 4.79 Å². The van der Waals surface area contributed by atoms with E-state index < -0.39 is 0 Å². The van der Waals surface area contributed by atoms with E-state index >= 15 is 0 Å². The van der Waals surface area contributed by atoms with Crippen molar-refractivity contribution < 1.29 is 4.79 Å². The molecular formula is C19H21NO. The van der Waals surface area contributed by atoms with Crippen LogP contribution in [0.15, 0.2) is 67.3 Å². The van der Waals surface area contributed by atoms with Crippen LogP contribution in [0.3, 0.4) is 0 Å². The Morgan fingerprint density at radius 3 is 2.52 bits per heavy atom. The molecular weight excluding hydrogens is 258 g/mol. The molecule has 0 aromatic heterocycles. The van der Waals surface area contributed by atoms with Gasteiger partial charge in [0.25, 0.3) is 5.91 Å². The Hall–Kier alpha value is -2.61. The molecule has 2 heteroatoms. The first-order valence-corrected chi connectivity index (χ1v) is 6.82. The van der Waals surface area contributed by atoms with Gasteiger partial charge in [-0.25, -0.2) is 0 Å². The average Bonchev–Trinajstić information content (AvgIpc) is 2.50. The summed E-state index contributed by atoms with van der Waals surface area (Å²) >= 11 is 0. The van der Waals surface area contributed by atoms with Gasteiger partial charge in [0.1, 0.15) is 0 Å². The highest BCUT2D eigenvalue weighted by Gasteiger charge is 2.09. The molecule has 0 atom stereocenters. The van der Waals surface area contributed by atoms with E-state index in [1.54, 1.807) is 18.2 Å². The molecule has 0 unspecified atom stereocenters. The summed E-state index contributed by atoms with van der Waals surface area (Å²) in [6.07, 6.45) is 12.8. The third kappa shape index (κ3) is 4.46. The zero-order chi connectivity index (χ0) is 15.7. The van der Waals surface area contributed by atoms with Gasteiger partial charge < -0.3 is 5.32 Å². The van der Waals surface area contributed by atoms with Gasteiger partial charge in [-0.2, -0.15) is 0 Å². The Morgan fingerprint density at radius 1 is 1.19 bits per heavy atom. The van der Waals surface area contributed by atoms with Crippen LogP contribution in [0.4, 0.5) is 5.69 Å². The summed E-state index contributed by atoms with van der Waals surface area (Å²) in [5, 5.41) is 2.91. The van der Waals surface area contributed by atoms with E-state index in [-0.39, 0.29) is 5.91 Å². The lowest BCUT2D eigenvalue weighted by atomic mass is 10.0. The predicted molar refractivity (Wildman–Crippen MR) is 93.0 cm³/mol. The molecule has 108 valence electrons. The second kappa shape index (κ2) is 8.54. The Kier molecular flexibility index (Phi) is 6.69. The molecule has 1 N–H and O–H groups in total. The number of amides is 1. The fourth-order valence-corrected chi connectivity index (χ4v) is 1.86. The van der Waals surface area contributed by atoms with E-state index in [1.165, 1.54) is 0 Å². The van der Waals surface area contributed by atoms with Crippen molar-refractivity contribution in [2.75, 3.05) is 5.32 Å². The zero-order valence-corrected chi connectivity index (χ0v) is 12.6. The van der Waals surface area contributed by atoms with Crippen molar-refractivity contribution in [2.24, 2.45) is 0 Å². The molecule has 0 radical (unpaired) electrons. The highest BCUT2D eigenvalue weighted by molar-refractivity contribution is 6.06. The molecule has 21 heavy (non-hydrogen) atoms. The van der Waals surface area contributed by atoms with E-state index in [9.17, 15) is 4.79 Å². The molecule has 0 aliphatic carbocycles. The maximum Gasteiger partial charge on any atom is 0.255 e. The fourth-order valence-electron chi connectivity index (χ4n) is 1.86. The van der Waals surface area contributed by atoms with Crippen LogP contribution in [0.25, 0.3) is 12.2 Å². The molecule has 1 rings (SSSR count). The molecule has 1 amide bonds. The van der Waals surface area contributed by atoms with Crippen molar-refractivity contribution in [1.29, 1.82) is 0 Å². The average molecular weight is 279 g/mol. The number of allylic oxidation sites excluding steroid dienone is 4. The number of carbonyl (C=O) groups excluding carboxylic acids is 1. The summed E-state index contributed by atoms with van der Waals surface area (Å²) in [5.74, 6) is -0.172. The third-order valence-electron chi connectivity index (χ3n) is 2.97. The fraction of sp³-hybridized carbons (Fsp3) is 0.105. The van der Waals surface area contributed by atoms with Crippen LogP contribution in [-0.2, 0) is 4.79 Å². The molecule has 0 saturated carbocycles. The van der Waals surface area contributed by atoms with Crippen LogP contribution in [-0.4, -0.2) is 5.91 Å². The number of rotatable bonds is 6. The van der Waals surface area contributed by atoms with Gasteiger partial charge >= 0.3 is 0 Å². The summed E-state index contributed by atoms with van der Waals surface area (Å²) in [4.78, 5) is 12.1. The second-order valence-corrected chi connectivity index (χ2v) is 4.30. The van der Waals surface area contributed by atoms with Crippen molar-refractivity contribution in [3.63, 3.8) is 0 Å². The maximum absolute atomic E-state index is 12.1. The first-order valence-electron chi connectivity index (χ1n) is 6.82. The quantitative estimate of drug-likeness (QED) is 0.577. The predicted octanol–water partition coefficient (Wildman–Crippen LogP) is 4.99. The van der Waals surface area contributed by atoms with Crippen molar-refractivity contribution in [3.8, 4) is 0 Å². The SMILES string of the molecule is C=C/C(=C\C)C(=O)Nc1cccc(C=C)c1/C=C\C=C/C. The van der Waals surface area contributed by atoms with Gasteiger partial charge in [0.05, 0.1) is 0 Å². The van der Waals surface area contributed by atoms with Gasteiger partial charge in [-0.05, 0) is 25.5 Å². The van der Waals surface area contributed by atoms with Crippen LogP contribution < -0.4 is 5.32 Å². The first kappa shape index (κ1) is 16.4. The first-order chi connectivity index (χ1) is 10.2. The summed E-state index contributed by atoms with van der Waals surface area (Å²) < 4.78 is 0. The van der Waals surface area contributed by atoms with Crippen molar-refractivity contribution in [1.82, 2.24) is 0 Å². The molecule has 2 nitrogen and oxygen atoms in total. The van der Waals surface area contributed by atoms with E-state index in [1.807, 2.05) is 56.4 Å². The topological polar surface area (TPSA) is 29.1 Å². The number of hydrogen-bond acceptors (Lipinski definition) is 1. The highest BCUT2D eigenvalue weighted by Crippen LogP contribution is 2.23. The lowest BCUT2D eigenvalue weighted by Gasteiger charge is -2.11. The molecule has 0 saturated heterocycles. The van der Waals surface area contributed by atoms with Gasteiger partial charge in [0.2, 0.25) is 0 Å². The maximum atomic E-state index is 12.1. The van der Waals surface area contributed by atoms with E-state index in [0.29, 0.717) is 5.57 Å². The smallest absolute Gasteiger partial charge is 0.255 e. The molecule has 1 aromatic carbocycles. The minimum atomic E-state index is -0.172. The van der Waals surface area contributed by atoms with E-state index in [0.717, 1.165) is 16.8 Å². The zero-order valence-electron chi connectivity index (χ0n) is 12.6. The minimum absolute atomic E-state index is 0.172. The molecule has 0 bridgehead atoms. The van der Waals surface area contributed by atoms with Crippen LogP contribution in [0, 0.1) is 0 Å². The van der Waals surface area contributed by atoms with Gasteiger partial charge in [-0.15, -0.1) is 0 Å². The van der Waals surface area contributed by atoms with Crippen molar-refractivity contribution in [2.45, 2.75) is 13.8 Å². The summed E-state index contributed by atoms with van der Waals surface area (Å²) in [6.45, 7) is 11.2. The summed E-state index contributed by atoms with van der Waals surface area (Å²) in [7, 11) is 0. The van der Waals surface area contributed by atoms with Crippen molar-refractivity contribution >= 4 is 23.7 Å². The minimum Gasteiger partial charge on any atom is -0.321 e. The monoisotopic (exact) mass is 279 g/mol. The lowest BCUT2D eigenvalue weighted by molar-refractivity contribution is -0.112. The lowest BCUT2D eigenvalue weighted by Crippen LogP contribution is -2.14. The molecule has 1 aromatic rings. The number of anilines is 1. The van der Waals surface area contributed by atoms with Crippen LogP contribution in [0.1, 0.15) is 25.0 Å². The second-order valence-electron chi connectivity index (χ2n) is 4.30. The van der Waals surface area contributed by atoms with Crippen LogP contribution in [0.2, 0.25) is 0 Å². The van der Waals surface area contributed by atoms with Crippen LogP contribution in [0.5, 0.6) is 0 Å².